The first-order valence-corrected chi connectivity index (χ1v) is 13.0. The normalized spacial score (nSPS) is 22.5. The monoisotopic (exact) mass is 522 g/mol. The van der Waals surface area contributed by atoms with Gasteiger partial charge >= 0.3 is 11.9 Å². The number of nitrogens with zero attached hydrogens (tertiary/aromatic N) is 1. The zero-order valence-electron chi connectivity index (χ0n) is 23.1. The minimum Gasteiger partial charge on any atom is -0.493 e. The molecule has 1 N–H and O–H groups in total. The second kappa shape index (κ2) is 14.8. The van der Waals surface area contributed by atoms with Gasteiger partial charge in [-0.05, 0) is 31.6 Å². The van der Waals surface area contributed by atoms with E-state index in [4.69, 9.17) is 23.7 Å². The molecule has 1 amide bonds. The maximum Gasteiger partial charge on any atom is 0.331 e. The van der Waals surface area contributed by atoms with Crippen LogP contribution in [0.4, 0.5) is 0 Å². The number of aromatic nitrogens is 1. The topological polar surface area (TPSA) is 122 Å². The van der Waals surface area contributed by atoms with E-state index in [1.165, 1.54) is 19.4 Å². The molecule has 10 nitrogen and oxygen atoms in total. The summed E-state index contributed by atoms with van der Waals surface area (Å²) in [6.07, 6.45) is 3.94. The Morgan fingerprint density at radius 1 is 1.22 bits per heavy atom. The number of methoxy groups -OCH3 is 1. The summed E-state index contributed by atoms with van der Waals surface area (Å²) < 4.78 is 27.7. The fraction of sp³-hybridized carbons (Fsp3) is 0.704. The van der Waals surface area contributed by atoms with Gasteiger partial charge in [0.25, 0.3) is 5.91 Å². The van der Waals surface area contributed by atoms with Gasteiger partial charge < -0.3 is 29.0 Å². The highest BCUT2D eigenvalue weighted by Crippen LogP contribution is 2.32. The summed E-state index contributed by atoms with van der Waals surface area (Å²) in [6, 6.07) is 0.479. The van der Waals surface area contributed by atoms with Gasteiger partial charge in [0.2, 0.25) is 6.79 Å². The Hall–Kier alpha value is -2.88. The standard InChI is InChI=1S/C27H42N2O8/c1-8-9-19-13-34-14-21(27(32)37-18(6)20(19)12-16(2)3)29-25(30)23-24(22(33-7)10-11-28-23)35-15-36-26(31)17(4)5/h10-11,16-21H,8-9,12-15H2,1-7H3,(H,29,30)/t18-,19-,20-,21-/m0/s1. The van der Waals surface area contributed by atoms with Crippen LogP contribution >= 0.6 is 0 Å². The van der Waals surface area contributed by atoms with Crippen molar-refractivity contribution >= 4 is 17.8 Å². The molecule has 0 aliphatic carbocycles. The highest BCUT2D eigenvalue weighted by molar-refractivity contribution is 5.98. The second-order valence-corrected chi connectivity index (χ2v) is 10.1. The molecule has 0 bridgehead atoms. The fourth-order valence-electron chi connectivity index (χ4n) is 4.39. The number of amides is 1. The first-order valence-electron chi connectivity index (χ1n) is 13.0. The second-order valence-electron chi connectivity index (χ2n) is 10.1. The van der Waals surface area contributed by atoms with Crippen molar-refractivity contribution in [3.8, 4) is 11.5 Å². The van der Waals surface area contributed by atoms with Crippen LogP contribution in [0.2, 0.25) is 0 Å². The van der Waals surface area contributed by atoms with Gasteiger partial charge in [-0.2, -0.15) is 0 Å². The molecule has 0 saturated carbocycles. The lowest BCUT2D eigenvalue weighted by Crippen LogP contribution is -2.46. The van der Waals surface area contributed by atoms with Gasteiger partial charge in [-0.15, -0.1) is 0 Å². The molecular weight excluding hydrogens is 480 g/mol. The van der Waals surface area contributed by atoms with Gasteiger partial charge in [0, 0.05) is 24.8 Å². The SMILES string of the molecule is CCC[C@H]1COC[C@H](NC(=O)c2nccc(OC)c2OCOC(=O)C(C)C)C(=O)O[C@@H](C)[C@@H]1CC(C)C. The van der Waals surface area contributed by atoms with Gasteiger partial charge in [-0.25, -0.2) is 9.78 Å². The number of ether oxygens (including phenoxy) is 5. The maximum absolute atomic E-state index is 13.2. The third-order valence-electron chi connectivity index (χ3n) is 6.30. The average molecular weight is 523 g/mol. The molecule has 0 aromatic carbocycles. The molecule has 1 aliphatic heterocycles. The largest absolute Gasteiger partial charge is 0.493 e. The predicted octanol–water partition coefficient (Wildman–Crippen LogP) is 3.76. The minimum absolute atomic E-state index is 0.00946. The van der Waals surface area contributed by atoms with Gasteiger partial charge in [0.15, 0.2) is 23.2 Å². The molecule has 0 spiro atoms. The van der Waals surface area contributed by atoms with Crippen LogP contribution in [-0.2, 0) is 23.8 Å². The number of nitrogens with one attached hydrogen (secondary N) is 1. The van der Waals surface area contributed by atoms with E-state index in [1.807, 2.05) is 6.92 Å². The average Bonchev–Trinajstić information content (AvgIpc) is 2.89. The van der Waals surface area contributed by atoms with Crippen molar-refractivity contribution in [2.75, 3.05) is 27.1 Å². The highest BCUT2D eigenvalue weighted by Gasteiger charge is 2.35. The number of hydrogen-bond acceptors (Lipinski definition) is 9. The van der Waals surface area contributed by atoms with Crippen molar-refractivity contribution in [3.63, 3.8) is 0 Å². The van der Waals surface area contributed by atoms with Crippen molar-refractivity contribution in [3.05, 3.63) is 18.0 Å². The molecule has 4 atom stereocenters. The van der Waals surface area contributed by atoms with Crippen LogP contribution < -0.4 is 14.8 Å². The summed E-state index contributed by atoms with van der Waals surface area (Å²) in [5, 5.41) is 2.67. The predicted molar refractivity (Wildman–Crippen MR) is 136 cm³/mol. The van der Waals surface area contributed by atoms with Crippen LogP contribution in [0.5, 0.6) is 11.5 Å². The van der Waals surface area contributed by atoms with Crippen LogP contribution in [-0.4, -0.2) is 62.1 Å². The summed E-state index contributed by atoms with van der Waals surface area (Å²) in [4.78, 5) is 42.2. The highest BCUT2D eigenvalue weighted by atomic mass is 16.7. The lowest BCUT2D eigenvalue weighted by atomic mass is 9.80. The molecule has 37 heavy (non-hydrogen) atoms. The Labute approximate surface area is 219 Å². The Kier molecular flexibility index (Phi) is 12.1. The van der Waals surface area contributed by atoms with E-state index < -0.39 is 30.7 Å². The van der Waals surface area contributed by atoms with Crippen molar-refractivity contribution < 1.29 is 38.1 Å². The molecule has 2 rings (SSSR count). The molecule has 10 heteroatoms. The third kappa shape index (κ3) is 8.87. The van der Waals surface area contributed by atoms with E-state index in [-0.39, 0.29) is 47.7 Å². The number of carbonyl (C=O) groups is 3. The van der Waals surface area contributed by atoms with E-state index in [0.717, 1.165) is 19.3 Å². The summed E-state index contributed by atoms with van der Waals surface area (Å²) in [5.74, 6) is -0.967. The zero-order chi connectivity index (χ0) is 27.5. The third-order valence-corrected chi connectivity index (χ3v) is 6.30. The summed E-state index contributed by atoms with van der Waals surface area (Å²) in [5.41, 5.74) is -0.123. The number of carbonyl (C=O) groups excluding carboxylic acids is 3. The Balaban J connectivity index is 2.20. The van der Waals surface area contributed by atoms with Gasteiger partial charge in [0.05, 0.1) is 19.6 Å². The molecule has 1 aromatic rings. The quantitative estimate of drug-likeness (QED) is 0.342. The van der Waals surface area contributed by atoms with Crippen LogP contribution in [0, 0.1) is 23.7 Å². The molecule has 1 fully saturated rings. The van der Waals surface area contributed by atoms with Crippen LogP contribution in [0.3, 0.4) is 0 Å². The smallest absolute Gasteiger partial charge is 0.331 e. The number of pyridine rings is 1. The molecule has 0 radical (unpaired) electrons. The van der Waals surface area contributed by atoms with E-state index in [0.29, 0.717) is 12.5 Å². The first kappa shape index (κ1) is 30.3. The number of hydrogen-bond donors (Lipinski definition) is 1. The van der Waals surface area contributed by atoms with Crippen LogP contribution in [0.1, 0.15) is 71.3 Å². The Morgan fingerprint density at radius 2 is 1.95 bits per heavy atom. The van der Waals surface area contributed by atoms with Gasteiger partial charge in [0.1, 0.15) is 6.10 Å². The minimum atomic E-state index is -1.03. The van der Waals surface area contributed by atoms with E-state index in [1.54, 1.807) is 13.8 Å². The molecule has 1 aromatic heterocycles. The first-order chi connectivity index (χ1) is 17.6. The fourth-order valence-corrected chi connectivity index (χ4v) is 4.39. The van der Waals surface area contributed by atoms with E-state index in [2.05, 4.69) is 31.1 Å². The number of rotatable bonds is 11. The van der Waals surface area contributed by atoms with Crippen molar-refractivity contribution in [2.45, 2.75) is 73.0 Å². The summed E-state index contributed by atoms with van der Waals surface area (Å²) >= 11 is 0. The maximum atomic E-state index is 13.2. The molecule has 2 heterocycles. The lowest BCUT2D eigenvalue weighted by Gasteiger charge is -2.31. The molecule has 208 valence electrons. The Bertz CT molecular complexity index is 904. The van der Waals surface area contributed by atoms with Gasteiger partial charge in [-0.1, -0.05) is 41.0 Å². The summed E-state index contributed by atoms with van der Waals surface area (Å²) in [6.45, 7) is 11.7. The van der Waals surface area contributed by atoms with Crippen molar-refractivity contribution in [1.82, 2.24) is 10.3 Å². The zero-order valence-corrected chi connectivity index (χ0v) is 23.1. The van der Waals surface area contributed by atoms with Crippen molar-refractivity contribution in [2.24, 2.45) is 23.7 Å². The van der Waals surface area contributed by atoms with Crippen LogP contribution in [0.15, 0.2) is 12.3 Å². The number of esters is 2. The molecule has 1 aliphatic rings. The van der Waals surface area contributed by atoms with Crippen molar-refractivity contribution in [1.29, 1.82) is 0 Å². The van der Waals surface area contributed by atoms with Crippen LogP contribution in [0.25, 0.3) is 0 Å². The Morgan fingerprint density at radius 3 is 2.57 bits per heavy atom. The van der Waals surface area contributed by atoms with E-state index >= 15 is 0 Å². The lowest BCUT2D eigenvalue weighted by molar-refractivity contribution is -0.155. The molecule has 0 unspecified atom stereocenters. The van der Waals surface area contributed by atoms with Gasteiger partial charge in [-0.3, -0.25) is 9.59 Å². The van der Waals surface area contributed by atoms with E-state index in [9.17, 15) is 14.4 Å². The molecular formula is C27H42N2O8. The number of cyclic esters (lactones) is 1. The summed E-state index contributed by atoms with van der Waals surface area (Å²) in [7, 11) is 1.41. The molecule has 1 saturated heterocycles.